The van der Waals surface area contributed by atoms with E-state index in [4.69, 9.17) is 4.74 Å². The number of rotatable bonds is 8. The van der Waals surface area contributed by atoms with Gasteiger partial charge < -0.3 is 14.6 Å². The van der Waals surface area contributed by atoms with Crippen LogP contribution < -0.4 is 5.32 Å². The molecule has 1 atom stereocenters. The Balaban J connectivity index is 2.11. The van der Waals surface area contributed by atoms with Crippen LogP contribution in [0.3, 0.4) is 0 Å². The molecule has 0 saturated heterocycles. The Labute approximate surface area is 98.0 Å². The summed E-state index contributed by atoms with van der Waals surface area (Å²) >= 11 is 0. The maximum absolute atomic E-state index is 5.48. The lowest BCUT2D eigenvalue weighted by Gasteiger charge is -2.13. The molecule has 4 nitrogen and oxygen atoms in total. The predicted molar refractivity (Wildman–Crippen MR) is 65.4 cm³/mol. The van der Waals surface area contributed by atoms with Gasteiger partial charge in [0.2, 0.25) is 0 Å². The first-order valence-corrected chi connectivity index (χ1v) is 6.04. The molecule has 0 radical (unpaired) electrons. The van der Waals surface area contributed by atoms with E-state index in [1.54, 1.807) is 0 Å². The Morgan fingerprint density at radius 3 is 2.94 bits per heavy atom. The first-order chi connectivity index (χ1) is 7.75. The lowest BCUT2D eigenvalue weighted by atomic mass is 10.3. The predicted octanol–water partition coefficient (Wildman–Crippen LogP) is 1.89. The average molecular weight is 225 g/mol. The third kappa shape index (κ3) is 4.33. The van der Waals surface area contributed by atoms with E-state index in [-0.39, 0.29) is 6.04 Å². The van der Waals surface area contributed by atoms with E-state index in [0.717, 1.165) is 32.0 Å². The molecule has 16 heavy (non-hydrogen) atoms. The number of hydrogen-bond acceptors (Lipinski definition) is 3. The molecule has 1 N–H and O–H groups in total. The second-order valence-electron chi connectivity index (χ2n) is 4.04. The first-order valence-electron chi connectivity index (χ1n) is 6.04. The summed E-state index contributed by atoms with van der Waals surface area (Å²) in [5.41, 5.74) is 0. The highest BCUT2D eigenvalue weighted by atomic mass is 16.5. The van der Waals surface area contributed by atoms with Crippen molar-refractivity contribution < 1.29 is 4.74 Å². The molecule has 1 heterocycles. The van der Waals surface area contributed by atoms with E-state index >= 15 is 0 Å². The van der Waals surface area contributed by atoms with Crippen LogP contribution in [0.15, 0.2) is 12.4 Å². The summed E-state index contributed by atoms with van der Waals surface area (Å²) in [6.07, 6.45) is 6.13. The van der Waals surface area contributed by atoms with Crippen LogP contribution in [0.1, 0.15) is 38.6 Å². The standard InChI is InChI=1S/C12H23N3O/c1-4-5-9-16-10-7-13-11(2)12-14-6-8-15(12)3/h6,8,11,13H,4-5,7,9-10H2,1-3H3. The van der Waals surface area contributed by atoms with Crippen molar-refractivity contribution in [3.8, 4) is 0 Å². The minimum absolute atomic E-state index is 0.273. The molecule has 0 aliphatic heterocycles. The highest BCUT2D eigenvalue weighted by molar-refractivity contribution is 4.96. The van der Waals surface area contributed by atoms with E-state index in [9.17, 15) is 0 Å². The van der Waals surface area contributed by atoms with Crippen LogP contribution in [0.4, 0.5) is 0 Å². The van der Waals surface area contributed by atoms with Crippen LogP contribution in [-0.2, 0) is 11.8 Å². The highest BCUT2D eigenvalue weighted by Crippen LogP contribution is 2.07. The summed E-state index contributed by atoms with van der Waals surface area (Å²) < 4.78 is 7.52. The van der Waals surface area contributed by atoms with Gasteiger partial charge in [-0.3, -0.25) is 0 Å². The summed E-state index contributed by atoms with van der Waals surface area (Å²) in [6.45, 7) is 6.81. The second-order valence-corrected chi connectivity index (χ2v) is 4.04. The van der Waals surface area contributed by atoms with Crippen molar-refractivity contribution in [3.63, 3.8) is 0 Å². The zero-order chi connectivity index (χ0) is 11.8. The number of aryl methyl sites for hydroxylation is 1. The fourth-order valence-corrected chi connectivity index (χ4v) is 1.58. The van der Waals surface area contributed by atoms with E-state index in [0.29, 0.717) is 0 Å². The molecule has 1 unspecified atom stereocenters. The van der Waals surface area contributed by atoms with Crippen molar-refractivity contribution in [1.29, 1.82) is 0 Å². The Morgan fingerprint density at radius 2 is 2.31 bits per heavy atom. The van der Waals surface area contributed by atoms with Gasteiger partial charge in [-0.15, -0.1) is 0 Å². The summed E-state index contributed by atoms with van der Waals surface area (Å²) in [7, 11) is 2.01. The molecule has 0 saturated carbocycles. The van der Waals surface area contributed by atoms with Crippen molar-refractivity contribution in [2.75, 3.05) is 19.8 Å². The zero-order valence-electron chi connectivity index (χ0n) is 10.6. The molecule has 0 spiro atoms. The van der Waals surface area contributed by atoms with E-state index < -0.39 is 0 Å². The molecule has 92 valence electrons. The fourth-order valence-electron chi connectivity index (χ4n) is 1.58. The molecule has 1 rings (SSSR count). The third-order valence-electron chi connectivity index (χ3n) is 2.58. The van der Waals surface area contributed by atoms with Crippen LogP contribution in [0, 0.1) is 0 Å². The summed E-state index contributed by atoms with van der Waals surface area (Å²) in [6, 6.07) is 0.273. The topological polar surface area (TPSA) is 39.1 Å². The number of nitrogens with zero attached hydrogens (tertiary/aromatic N) is 2. The van der Waals surface area contributed by atoms with Gasteiger partial charge in [-0.25, -0.2) is 4.98 Å². The molecule has 4 heteroatoms. The van der Waals surface area contributed by atoms with E-state index in [2.05, 4.69) is 24.1 Å². The number of hydrogen-bond donors (Lipinski definition) is 1. The first kappa shape index (κ1) is 13.2. The Morgan fingerprint density at radius 1 is 1.50 bits per heavy atom. The van der Waals surface area contributed by atoms with Gasteiger partial charge in [-0.2, -0.15) is 0 Å². The largest absolute Gasteiger partial charge is 0.380 e. The number of imidazole rings is 1. The number of aromatic nitrogens is 2. The van der Waals surface area contributed by atoms with Gasteiger partial charge in [0.15, 0.2) is 0 Å². The van der Waals surface area contributed by atoms with Crippen molar-refractivity contribution in [2.24, 2.45) is 7.05 Å². The minimum atomic E-state index is 0.273. The lowest BCUT2D eigenvalue weighted by Crippen LogP contribution is -2.25. The van der Waals surface area contributed by atoms with E-state index in [1.165, 1.54) is 6.42 Å². The third-order valence-corrected chi connectivity index (χ3v) is 2.58. The van der Waals surface area contributed by atoms with Crippen LogP contribution in [0.5, 0.6) is 0 Å². The van der Waals surface area contributed by atoms with Gasteiger partial charge >= 0.3 is 0 Å². The molecule has 0 aromatic carbocycles. The SMILES string of the molecule is CCCCOCCNC(C)c1nccn1C. The Kier molecular flexibility index (Phi) is 6.11. The maximum atomic E-state index is 5.48. The quantitative estimate of drug-likeness (QED) is 0.687. The molecule has 0 bridgehead atoms. The highest BCUT2D eigenvalue weighted by Gasteiger charge is 2.08. The van der Waals surface area contributed by atoms with E-state index in [1.807, 2.05) is 24.0 Å². The van der Waals surface area contributed by atoms with Gasteiger partial charge in [0, 0.05) is 32.6 Å². The van der Waals surface area contributed by atoms with Crippen molar-refractivity contribution in [1.82, 2.24) is 14.9 Å². The van der Waals surface area contributed by atoms with Gasteiger partial charge in [-0.1, -0.05) is 13.3 Å². The normalized spacial score (nSPS) is 12.9. The summed E-state index contributed by atoms with van der Waals surface area (Å²) in [4.78, 5) is 4.30. The van der Waals surface area contributed by atoms with Gasteiger partial charge in [-0.05, 0) is 13.3 Å². The van der Waals surface area contributed by atoms with Gasteiger partial charge in [0.05, 0.1) is 12.6 Å². The number of unbranched alkanes of at least 4 members (excludes halogenated alkanes) is 1. The monoisotopic (exact) mass is 225 g/mol. The van der Waals surface area contributed by atoms with Crippen LogP contribution in [0.25, 0.3) is 0 Å². The van der Waals surface area contributed by atoms with Gasteiger partial charge in [0.1, 0.15) is 5.82 Å². The van der Waals surface area contributed by atoms with Gasteiger partial charge in [0.25, 0.3) is 0 Å². The number of nitrogens with one attached hydrogen (secondary N) is 1. The average Bonchev–Trinajstić information content (AvgIpc) is 2.69. The molecule has 1 aromatic heterocycles. The molecular formula is C12H23N3O. The smallest absolute Gasteiger partial charge is 0.125 e. The molecule has 0 aliphatic rings. The lowest BCUT2D eigenvalue weighted by molar-refractivity contribution is 0.131. The molecule has 1 aromatic rings. The fraction of sp³-hybridized carbons (Fsp3) is 0.750. The minimum Gasteiger partial charge on any atom is -0.380 e. The second kappa shape index (κ2) is 7.41. The molecular weight excluding hydrogens is 202 g/mol. The Hall–Kier alpha value is -0.870. The summed E-state index contributed by atoms with van der Waals surface area (Å²) in [5.74, 6) is 1.06. The maximum Gasteiger partial charge on any atom is 0.125 e. The van der Waals surface area contributed by atoms with Crippen LogP contribution >= 0.6 is 0 Å². The molecule has 0 fully saturated rings. The molecule has 0 aliphatic carbocycles. The van der Waals surface area contributed by atoms with Crippen LogP contribution in [0.2, 0.25) is 0 Å². The zero-order valence-corrected chi connectivity index (χ0v) is 10.6. The number of ether oxygens (including phenoxy) is 1. The van der Waals surface area contributed by atoms with Crippen LogP contribution in [-0.4, -0.2) is 29.3 Å². The Bertz CT molecular complexity index is 286. The molecule has 0 amide bonds. The van der Waals surface area contributed by atoms with Crippen molar-refractivity contribution in [3.05, 3.63) is 18.2 Å². The summed E-state index contributed by atoms with van der Waals surface area (Å²) in [5, 5.41) is 3.39. The van der Waals surface area contributed by atoms with Crippen molar-refractivity contribution >= 4 is 0 Å². The van der Waals surface area contributed by atoms with Crippen molar-refractivity contribution in [2.45, 2.75) is 32.7 Å².